The third kappa shape index (κ3) is 1.59. The molecule has 6 heteroatoms. The number of aliphatic hydroxyl groups is 1. The lowest BCUT2D eigenvalue weighted by Crippen LogP contribution is -2.12. The number of rotatable bonds is 1. The largest absolute Gasteiger partial charge is 0.373 e. The molecule has 0 aromatic heterocycles. The molecule has 0 amide bonds. The van der Waals surface area contributed by atoms with E-state index in [2.05, 4.69) is 5.32 Å². The fourth-order valence-electron chi connectivity index (χ4n) is 1.50. The third-order valence-electron chi connectivity index (χ3n) is 2.14. The first kappa shape index (κ1) is 9.45. The van der Waals surface area contributed by atoms with Crippen molar-refractivity contribution in [2.24, 2.45) is 5.14 Å². The molecule has 14 heavy (non-hydrogen) atoms. The molecule has 1 aliphatic heterocycles. The second-order valence-electron chi connectivity index (χ2n) is 3.23. The predicted octanol–water partition coefficient (Wildman–Crippen LogP) is -0.380. The highest BCUT2D eigenvalue weighted by Gasteiger charge is 2.20. The van der Waals surface area contributed by atoms with E-state index in [9.17, 15) is 13.5 Å². The van der Waals surface area contributed by atoms with Crippen molar-refractivity contribution in [1.82, 2.24) is 0 Å². The van der Waals surface area contributed by atoms with Gasteiger partial charge in [-0.05, 0) is 23.8 Å². The minimum absolute atomic E-state index is 0.0761. The number of fused-ring (bicyclic) bond motifs is 1. The van der Waals surface area contributed by atoms with Crippen molar-refractivity contribution >= 4 is 15.7 Å². The van der Waals surface area contributed by atoms with E-state index in [0.29, 0.717) is 6.42 Å². The summed E-state index contributed by atoms with van der Waals surface area (Å²) in [5.41, 5.74) is 1.52. The van der Waals surface area contributed by atoms with Crippen molar-refractivity contribution in [2.45, 2.75) is 17.5 Å². The van der Waals surface area contributed by atoms with Gasteiger partial charge in [-0.3, -0.25) is 0 Å². The molecule has 1 aromatic carbocycles. The average Bonchev–Trinajstić information content (AvgIpc) is 2.41. The summed E-state index contributed by atoms with van der Waals surface area (Å²) in [6.07, 6.45) is -0.237. The Bertz CT molecular complexity index is 469. The molecule has 0 spiro atoms. The summed E-state index contributed by atoms with van der Waals surface area (Å²) < 4.78 is 22.0. The second kappa shape index (κ2) is 2.94. The zero-order valence-electron chi connectivity index (χ0n) is 7.27. The first-order valence-corrected chi connectivity index (χ1v) is 5.62. The van der Waals surface area contributed by atoms with Crippen LogP contribution in [0.1, 0.15) is 5.56 Å². The van der Waals surface area contributed by atoms with Gasteiger partial charge in [0.05, 0.1) is 4.90 Å². The van der Waals surface area contributed by atoms with Crippen LogP contribution in [0.5, 0.6) is 0 Å². The highest BCUT2D eigenvalue weighted by molar-refractivity contribution is 7.89. The van der Waals surface area contributed by atoms with Gasteiger partial charge in [-0.25, -0.2) is 13.6 Å². The standard InChI is InChI=1S/C8H10N2O3S/c9-14(12,13)6-1-2-7-5(3-6)4-8(11)10-7/h1-3,8,10-11H,4H2,(H2,9,12,13). The quantitative estimate of drug-likeness (QED) is 0.594. The Morgan fingerprint density at radius 1 is 1.50 bits per heavy atom. The maximum atomic E-state index is 11.0. The van der Waals surface area contributed by atoms with E-state index in [0.717, 1.165) is 11.3 Å². The molecule has 1 aliphatic rings. The molecular formula is C8H10N2O3S. The SMILES string of the molecule is NS(=O)(=O)c1ccc2c(c1)CC(O)N2. The summed E-state index contributed by atoms with van der Waals surface area (Å²) in [5.74, 6) is 0. The van der Waals surface area contributed by atoms with E-state index in [1.54, 1.807) is 6.07 Å². The normalized spacial score (nSPS) is 20.3. The van der Waals surface area contributed by atoms with Gasteiger partial charge in [0.2, 0.25) is 10.0 Å². The number of hydrogen-bond acceptors (Lipinski definition) is 4. The maximum absolute atomic E-state index is 11.0. The van der Waals surface area contributed by atoms with Crippen molar-refractivity contribution in [1.29, 1.82) is 0 Å². The minimum Gasteiger partial charge on any atom is -0.373 e. The van der Waals surface area contributed by atoms with Gasteiger partial charge >= 0.3 is 0 Å². The summed E-state index contributed by atoms with van der Waals surface area (Å²) in [6, 6.07) is 4.50. The smallest absolute Gasteiger partial charge is 0.238 e. The Balaban J connectivity index is 2.48. The van der Waals surface area contributed by atoms with Gasteiger partial charge in [0.1, 0.15) is 6.23 Å². The molecule has 5 nitrogen and oxygen atoms in total. The van der Waals surface area contributed by atoms with Crippen molar-refractivity contribution in [3.05, 3.63) is 23.8 Å². The second-order valence-corrected chi connectivity index (χ2v) is 4.79. The molecule has 0 aliphatic carbocycles. The molecule has 0 saturated heterocycles. The maximum Gasteiger partial charge on any atom is 0.238 e. The number of primary sulfonamides is 1. The average molecular weight is 214 g/mol. The fraction of sp³-hybridized carbons (Fsp3) is 0.250. The summed E-state index contributed by atoms with van der Waals surface area (Å²) in [5, 5.41) is 17.0. The molecular weight excluding hydrogens is 204 g/mol. The van der Waals surface area contributed by atoms with Gasteiger partial charge in [0.25, 0.3) is 0 Å². The number of hydrogen-bond donors (Lipinski definition) is 3. The lowest BCUT2D eigenvalue weighted by molar-refractivity contribution is 0.212. The molecule has 4 N–H and O–H groups in total. The number of sulfonamides is 1. The van der Waals surface area contributed by atoms with E-state index >= 15 is 0 Å². The summed E-state index contributed by atoms with van der Waals surface area (Å²) in [4.78, 5) is 0.0761. The van der Waals surface area contributed by atoms with Gasteiger partial charge in [-0.15, -0.1) is 0 Å². The first-order chi connectivity index (χ1) is 6.47. The van der Waals surface area contributed by atoms with E-state index in [4.69, 9.17) is 5.14 Å². The molecule has 76 valence electrons. The monoisotopic (exact) mass is 214 g/mol. The van der Waals surface area contributed by atoms with Crippen LogP contribution in [0, 0.1) is 0 Å². The van der Waals surface area contributed by atoms with Crippen LogP contribution in [-0.2, 0) is 16.4 Å². The Labute approximate surface area is 81.6 Å². The molecule has 2 rings (SSSR count). The Morgan fingerprint density at radius 3 is 2.86 bits per heavy atom. The molecule has 1 unspecified atom stereocenters. The first-order valence-electron chi connectivity index (χ1n) is 4.07. The van der Waals surface area contributed by atoms with Crippen LogP contribution >= 0.6 is 0 Å². The van der Waals surface area contributed by atoms with Gasteiger partial charge in [0, 0.05) is 12.1 Å². The van der Waals surface area contributed by atoms with Crippen LogP contribution in [0.15, 0.2) is 23.1 Å². The molecule has 1 aromatic rings. The van der Waals surface area contributed by atoms with E-state index in [1.165, 1.54) is 12.1 Å². The zero-order valence-corrected chi connectivity index (χ0v) is 8.08. The molecule has 0 radical (unpaired) electrons. The lowest BCUT2D eigenvalue weighted by atomic mass is 10.2. The number of benzene rings is 1. The van der Waals surface area contributed by atoms with Crippen LogP contribution in [-0.4, -0.2) is 19.8 Å². The van der Waals surface area contributed by atoms with E-state index in [-0.39, 0.29) is 4.90 Å². The van der Waals surface area contributed by atoms with Crippen LogP contribution in [0.2, 0.25) is 0 Å². The lowest BCUT2D eigenvalue weighted by Gasteiger charge is -2.02. The molecule has 0 fully saturated rings. The van der Waals surface area contributed by atoms with Gasteiger partial charge < -0.3 is 10.4 Å². The third-order valence-corrected chi connectivity index (χ3v) is 3.05. The predicted molar refractivity (Wildman–Crippen MR) is 51.1 cm³/mol. The zero-order chi connectivity index (χ0) is 10.3. The highest BCUT2D eigenvalue weighted by Crippen LogP contribution is 2.26. The molecule has 1 heterocycles. The number of nitrogens with two attached hydrogens (primary N) is 1. The van der Waals surface area contributed by atoms with Crippen LogP contribution in [0.4, 0.5) is 5.69 Å². The van der Waals surface area contributed by atoms with Gasteiger partial charge in [0.15, 0.2) is 0 Å². The highest BCUT2D eigenvalue weighted by atomic mass is 32.2. The topological polar surface area (TPSA) is 92.4 Å². The summed E-state index contributed by atoms with van der Waals surface area (Å²) in [6.45, 7) is 0. The minimum atomic E-state index is -3.65. The molecule has 0 bridgehead atoms. The van der Waals surface area contributed by atoms with Crippen molar-refractivity contribution < 1.29 is 13.5 Å². The number of anilines is 1. The summed E-state index contributed by atoms with van der Waals surface area (Å²) >= 11 is 0. The number of nitrogens with one attached hydrogen (secondary N) is 1. The van der Waals surface area contributed by atoms with Crippen molar-refractivity contribution in [3.63, 3.8) is 0 Å². The van der Waals surface area contributed by atoms with E-state index in [1.807, 2.05) is 0 Å². The Morgan fingerprint density at radius 2 is 2.21 bits per heavy atom. The van der Waals surface area contributed by atoms with E-state index < -0.39 is 16.3 Å². The van der Waals surface area contributed by atoms with Crippen LogP contribution in [0.3, 0.4) is 0 Å². The molecule has 0 saturated carbocycles. The van der Waals surface area contributed by atoms with Crippen LogP contribution in [0.25, 0.3) is 0 Å². The molecule has 1 atom stereocenters. The van der Waals surface area contributed by atoms with Gasteiger partial charge in [-0.1, -0.05) is 0 Å². The Hall–Kier alpha value is -1.11. The number of aliphatic hydroxyl groups excluding tert-OH is 1. The van der Waals surface area contributed by atoms with Gasteiger partial charge in [-0.2, -0.15) is 0 Å². The fourth-order valence-corrected chi connectivity index (χ4v) is 2.06. The van der Waals surface area contributed by atoms with Crippen molar-refractivity contribution in [2.75, 3.05) is 5.32 Å². The Kier molecular flexibility index (Phi) is 1.99. The summed E-state index contributed by atoms with van der Waals surface area (Å²) in [7, 11) is -3.65. The van der Waals surface area contributed by atoms with Crippen LogP contribution < -0.4 is 10.5 Å². The van der Waals surface area contributed by atoms with Crippen molar-refractivity contribution in [3.8, 4) is 0 Å².